The number of hydrogen-bond acceptors (Lipinski definition) is 1. The smallest absolute Gasteiger partial charge is 0.0196 e. The molecule has 1 aromatic carbocycles. The Hall–Kier alpha value is 0.450. The lowest BCUT2D eigenvalue weighted by atomic mass is 10.2. The van der Waals surface area contributed by atoms with E-state index in [9.17, 15) is 0 Å². The first-order valence-corrected chi connectivity index (χ1v) is 5.87. The minimum Gasteiger partial charge on any atom is -0.147 e. The molecular weight excluding hydrogens is 230 g/mol. The van der Waals surface area contributed by atoms with Crippen LogP contribution in [0.1, 0.15) is 12.5 Å². The highest BCUT2D eigenvalue weighted by molar-refractivity contribution is 7.99. The van der Waals surface area contributed by atoms with Crippen molar-refractivity contribution in [3.63, 3.8) is 0 Å². The van der Waals surface area contributed by atoms with Crippen molar-refractivity contribution in [1.82, 2.24) is 0 Å². The van der Waals surface area contributed by atoms with E-state index in [1.165, 1.54) is 10.9 Å². The summed E-state index contributed by atoms with van der Waals surface area (Å²) in [7, 11) is 0.0783. The highest BCUT2D eigenvalue weighted by Crippen LogP contribution is 2.01. The fourth-order valence-electron chi connectivity index (χ4n) is 0.886. The second-order valence-corrected chi connectivity index (χ2v) is 3.83. The second-order valence-electron chi connectivity index (χ2n) is 2.22. The predicted octanol–water partition coefficient (Wildman–Crippen LogP) is 2.59. The van der Waals surface area contributed by atoms with E-state index in [4.69, 9.17) is 11.8 Å². The van der Waals surface area contributed by atoms with Gasteiger partial charge in [0.1, 0.15) is 0 Å². The molecule has 0 saturated heterocycles. The van der Waals surface area contributed by atoms with Crippen molar-refractivity contribution in [2.45, 2.75) is 13.3 Å². The number of aryl methyl sites for hydroxylation is 1. The van der Waals surface area contributed by atoms with Gasteiger partial charge in [0.2, 0.25) is 0 Å². The zero-order valence-electron chi connectivity index (χ0n) is 6.82. The average molecular weight is 243 g/mol. The van der Waals surface area contributed by atoms with Crippen molar-refractivity contribution in [2.24, 2.45) is 0 Å². The van der Waals surface area contributed by atoms with Gasteiger partial charge in [-0.3, -0.25) is 0 Å². The van der Waals surface area contributed by atoms with Crippen LogP contribution in [0.2, 0.25) is 0 Å². The molecule has 0 radical (unpaired) electrons. The minimum atomic E-state index is 0. The normalized spacial score (nSPS) is 9.08. The van der Waals surface area contributed by atoms with Crippen molar-refractivity contribution >= 4 is 49.3 Å². The molecule has 1 aromatic rings. The first kappa shape index (κ1) is 14.9. The molecule has 0 nitrogen and oxygen atoms in total. The van der Waals surface area contributed by atoms with E-state index in [-0.39, 0.29) is 32.2 Å². The summed E-state index contributed by atoms with van der Waals surface area (Å²) in [5.74, 6) is 0. The van der Waals surface area contributed by atoms with Crippen molar-refractivity contribution < 1.29 is 0 Å². The monoisotopic (exact) mass is 242 g/mol. The molecule has 0 aromatic heterocycles. The summed E-state index contributed by atoms with van der Waals surface area (Å²) >= 11 is 5.01. The lowest BCUT2D eigenvalue weighted by molar-refractivity contribution is 1.14. The van der Waals surface area contributed by atoms with Gasteiger partial charge in [0.05, 0.1) is 0 Å². The summed E-state index contributed by atoms with van der Waals surface area (Å²) < 4.78 is 0. The Morgan fingerprint density at radius 2 is 2.00 bits per heavy atom. The van der Waals surface area contributed by atoms with Gasteiger partial charge in [-0.15, -0.1) is 24.8 Å². The Labute approximate surface area is 92.4 Å². The van der Waals surface area contributed by atoms with Gasteiger partial charge in [-0.05, 0) is 24.6 Å². The molecule has 0 bridgehead atoms. The van der Waals surface area contributed by atoms with E-state index >= 15 is 0 Å². The van der Waals surface area contributed by atoms with E-state index in [2.05, 4.69) is 31.2 Å². The fourth-order valence-corrected chi connectivity index (χ4v) is 1.80. The van der Waals surface area contributed by atoms with Crippen LogP contribution in [0.15, 0.2) is 24.3 Å². The number of halogens is 2. The molecule has 1 rings (SSSR count). The van der Waals surface area contributed by atoms with Crippen molar-refractivity contribution in [2.75, 3.05) is 0 Å². The number of rotatable bonds is 2. The Morgan fingerprint density at radius 1 is 1.33 bits per heavy atom. The van der Waals surface area contributed by atoms with Gasteiger partial charge in [0.25, 0.3) is 0 Å². The quantitative estimate of drug-likeness (QED) is 0.719. The highest BCUT2D eigenvalue weighted by Gasteiger charge is 1.87. The van der Waals surface area contributed by atoms with Gasteiger partial charge >= 0.3 is 0 Å². The van der Waals surface area contributed by atoms with Gasteiger partial charge in [-0.2, -0.15) is 0 Å². The van der Waals surface area contributed by atoms with E-state index in [1.54, 1.807) is 0 Å². The van der Waals surface area contributed by atoms with Crippen LogP contribution >= 0.6 is 32.2 Å². The first-order chi connectivity index (χ1) is 4.86. The molecule has 1 unspecified atom stereocenters. The molecule has 0 aliphatic carbocycles. The molecule has 0 aliphatic heterocycles. The zero-order chi connectivity index (χ0) is 7.40. The average Bonchev–Trinajstić information content (AvgIpc) is 2.05. The summed E-state index contributed by atoms with van der Waals surface area (Å²) in [5.41, 5.74) is 1.40. The van der Waals surface area contributed by atoms with Gasteiger partial charge in [-0.25, -0.2) is 0 Å². The molecule has 0 N–H and O–H groups in total. The minimum absolute atomic E-state index is 0. The van der Waals surface area contributed by atoms with E-state index in [1.807, 2.05) is 0 Å². The Kier molecular flexibility index (Phi) is 10.0. The number of benzene rings is 1. The largest absolute Gasteiger partial charge is 0.147 e. The van der Waals surface area contributed by atoms with Crippen LogP contribution < -0.4 is 5.30 Å². The van der Waals surface area contributed by atoms with Crippen molar-refractivity contribution in [3.05, 3.63) is 29.8 Å². The van der Waals surface area contributed by atoms with Crippen LogP contribution in [-0.2, 0) is 18.2 Å². The van der Waals surface area contributed by atoms with Gasteiger partial charge in [-0.1, -0.05) is 43.0 Å². The maximum absolute atomic E-state index is 5.01. The lowest BCUT2D eigenvalue weighted by Gasteiger charge is -1.96. The molecule has 12 heavy (non-hydrogen) atoms. The van der Waals surface area contributed by atoms with E-state index in [0.29, 0.717) is 0 Å². The molecule has 0 saturated carbocycles. The van der Waals surface area contributed by atoms with Crippen LogP contribution in [0.4, 0.5) is 0 Å². The van der Waals surface area contributed by atoms with Crippen LogP contribution in [0.5, 0.6) is 0 Å². The summed E-state index contributed by atoms with van der Waals surface area (Å²) in [6.07, 6.45) is 1.11. The van der Waals surface area contributed by atoms with Gasteiger partial charge < -0.3 is 0 Å². The Bertz CT molecular complexity index is 240. The van der Waals surface area contributed by atoms with Crippen LogP contribution in [-0.4, -0.2) is 0 Å². The molecule has 0 aliphatic rings. The third-order valence-corrected chi connectivity index (χ3v) is 2.94. The molecule has 4 heteroatoms. The third-order valence-electron chi connectivity index (χ3n) is 1.50. The zero-order valence-corrected chi connectivity index (χ0v) is 10.4. The highest BCUT2D eigenvalue weighted by atomic mass is 35.5. The predicted molar refractivity (Wildman–Crippen MR) is 67.0 cm³/mol. The Morgan fingerprint density at radius 3 is 2.50 bits per heavy atom. The fraction of sp³-hybridized carbons (Fsp3) is 0.250. The second kappa shape index (κ2) is 8.07. The SMILES string of the molecule is CCc1cccc([PH2]=S)c1.Cl.Cl. The molecule has 0 heterocycles. The van der Waals surface area contributed by atoms with Crippen molar-refractivity contribution in [3.8, 4) is 0 Å². The standard InChI is InChI=1S/C8H11PS.2ClH/c1-2-7-4-3-5-8(6-7)9-10;;/h3-6H,2,9H2,1H3;2*1H. The molecular formula is C8H13Cl2PS. The van der Waals surface area contributed by atoms with E-state index < -0.39 is 0 Å². The molecule has 70 valence electrons. The van der Waals surface area contributed by atoms with Crippen LogP contribution in [0.25, 0.3) is 0 Å². The lowest BCUT2D eigenvalue weighted by Crippen LogP contribution is -1.91. The van der Waals surface area contributed by atoms with Gasteiger partial charge in [0, 0.05) is 0 Å². The maximum Gasteiger partial charge on any atom is -0.0196 e. The first-order valence-electron chi connectivity index (χ1n) is 3.41. The van der Waals surface area contributed by atoms with Crippen LogP contribution in [0, 0.1) is 0 Å². The molecule has 0 amide bonds. The van der Waals surface area contributed by atoms with Crippen LogP contribution in [0.3, 0.4) is 0 Å². The van der Waals surface area contributed by atoms with E-state index in [0.717, 1.165) is 6.42 Å². The summed E-state index contributed by atoms with van der Waals surface area (Å²) in [6.45, 7) is 2.16. The Balaban J connectivity index is 0. The molecule has 0 spiro atoms. The topological polar surface area (TPSA) is 0 Å². The summed E-state index contributed by atoms with van der Waals surface area (Å²) in [4.78, 5) is 0. The third kappa shape index (κ3) is 4.47. The maximum atomic E-state index is 5.01. The molecule has 1 atom stereocenters. The molecule has 0 fully saturated rings. The van der Waals surface area contributed by atoms with Crippen molar-refractivity contribution in [1.29, 1.82) is 0 Å². The number of hydrogen-bond donors (Lipinski definition) is 0. The summed E-state index contributed by atoms with van der Waals surface area (Å²) in [6, 6.07) is 8.56. The summed E-state index contributed by atoms with van der Waals surface area (Å²) in [5, 5.41) is 1.34. The van der Waals surface area contributed by atoms with Gasteiger partial charge in [0.15, 0.2) is 0 Å².